The average Bonchev–Trinajstić information content (AvgIpc) is 2.44. The van der Waals surface area contributed by atoms with Gasteiger partial charge in [-0.15, -0.1) is 0 Å². The molecule has 2 rings (SSSR count). The Kier molecular flexibility index (Phi) is 4.99. The molecular formula is C15H13Cl3N2O. The van der Waals surface area contributed by atoms with E-state index in [1.807, 2.05) is 25.1 Å². The molecule has 1 atom stereocenters. The molecule has 1 amide bonds. The van der Waals surface area contributed by atoms with Crippen LogP contribution in [0.1, 0.15) is 28.9 Å². The summed E-state index contributed by atoms with van der Waals surface area (Å²) in [7, 11) is 0. The minimum atomic E-state index is -0.298. The summed E-state index contributed by atoms with van der Waals surface area (Å²) in [6.45, 7) is 1.85. The Labute approximate surface area is 138 Å². The first kappa shape index (κ1) is 16.0. The van der Waals surface area contributed by atoms with Crippen LogP contribution in [0.15, 0.2) is 36.4 Å². The number of carbonyl (C=O) groups excluding carboxylic acids is 1. The number of halogens is 3. The number of rotatable bonds is 3. The van der Waals surface area contributed by atoms with Gasteiger partial charge < -0.3 is 11.1 Å². The maximum atomic E-state index is 12.2. The molecule has 3 nitrogen and oxygen atoms in total. The van der Waals surface area contributed by atoms with Gasteiger partial charge >= 0.3 is 0 Å². The number of benzene rings is 2. The van der Waals surface area contributed by atoms with Crippen LogP contribution < -0.4 is 11.1 Å². The lowest BCUT2D eigenvalue weighted by Gasteiger charge is -2.16. The van der Waals surface area contributed by atoms with Crippen molar-refractivity contribution in [3.05, 3.63) is 62.6 Å². The Bertz CT molecular complexity index is 665. The van der Waals surface area contributed by atoms with Crippen LogP contribution in [0, 0.1) is 0 Å². The van der Waals surface area contributed by atoms with Crippen LogP contribution in [-0.4, -0.2) is 5.91 Å². The summed E-state index contributed by atoms with van der Waals surface area (Å²) in [4.78, 5) is 12.2. The second-order valence-electron chi connectivity index (χ2n) is 4.58. The molecule has 1 unspecified atom stereocenters. The zero-order chi connectivity index (χ0) is 15.6. The third-order valence-corrected chi connectivity index (χ3v) is 4.20. The summed E-state index contributed by atoms with van der Waals surface area (Å²) < 4.78 is 0. The van der Waals surface area contributed by atoms with Gasteiger partial charge in [0.2, 0.25) is 0 Å². The van der Waals surface area contributed by atoms with E-state index in [1.165, 1.54) is 12.1 Å². The first-order chi connectivity index (χ1) is 9.90. The number of amides is 1. The van der Waals surface area contributed by atoms with Gasteiger partial charge in [-0.3, -0.25) is 4.79 Å². The molecule has 6 heteroatoms. The number of nitrogens with one attached hydrogen (secondary N) is 1. The molecule has 2 aromatic rings. The van der Waals surface area contributed by atoms with Crippen molar-refractivity contribution in [1.29, 1.82) is 0 Å². The third-order valence-electron chi connectivity index (χ3n) is 3.04. The zero-order valence-electron chi connectivity index (χ0n) is 11.2. The normalized spacial score (nSPS) is 12.0. The predicted octanol–water partition coefficient (Wildman–Crippen LogP) is 4.72. The fourth-order valence-electron chi connectivity index (χ4n) is 1.93. The first-order valence-electron chi connectivity index (χ1n) is 6.20. The van der Waals surface area contributed by atoms with Crippen molar-refractivity contribution in [2.45, 2.75) is 13.0 Å². The number of carbonyl (C=O) groups is 1. The van der Waals surface area contributed by atoms with E-state index in [0.29, 0.717) is 10.6 Å². The lowest BCUT2D eigenvalue weighted by atomic mass is 10.1. The molecule has 0 aliphatic rings. The van der Waals surface area contributed by atoms with Gasteiger partial charge in [-0.1, -0.05) is 53.0 Å². The van der Waals surface area contributed by atoms with Crippen molar-refractivity contribution in [2.24, 2.45) is 0 Å². The summed E-state index contributed by atoms with van der Waals surface area (Å²) in [6.07, 6.45) is 0. The van der Waals surface area contributed by atoms with E-state index in [0.717, 1.165) is 5.56 Å². The van der Waals surface area contributed by atoms with Crippen molar-refractivity contribution < 1.29 is 4.79 Å². The summed E-state index contributed by atoms with van der Waals surface area (Å²) in [5, 5.41) is 3.93. The van der Waals surface area contributed by atoms with Gasteiger partial charge in [-0.2, -0.15) is 0 Å². The van der Waals surface area contributed by atoms with Crippen LogP contribution >= 0.6 is 34.8 Å². The lowest BCUT2D eigenvalue weighted by molar-refractivity contribution is 0.0940. The van der Waals surface area contributed by atoms with Crippen molar-refractivity contribution in [1.82, 2.24) is 5.32 Å². The lowest BCUT2D eigenvalue weighted by Crippen LogP contribution is -2.27. The summed E-state index contributed by atoms with van der Waals surface area (Å²) in [5.74, 6) is -0.298. The molecule has 3 N–H and O–H groups in total. The molecular weight excluding hydrogens is 331 g/mol. The Hall–Kier alpha value is -1.42. The molecule has 0 saturated carbocycles. The molecule has 0 aromatic heterocycles. The predicted molar refractivity (Wildman–Crippen MR) is 88.2 cm³/mol. The second kappa shape index (κ2) is 6.56. The quantitative estimate of drug-likeness (QED) is 0.792. The van der Waals surface area contributed by atoms with Gasteiger partial charge in [0.1, 0.15) is 0 Å². The fourth-order valence-corrected chi connectivity index (χ4v) is 2.56. The van der Waals surface area contributed by atoms with Gasteiger partial charge in [0, 0.05) is 10.6 Å². The minimum absolute atomic E-state index is 0.243. The zero-order valence-corrected chi connectivity index (χ0v) is 13.4. The molecule has 110 valence electrons. The number of hydrogen-bond acceptors (Lipinski definition) is 2. The van der Waals surface area contributed by atoms with Crippen molar-refractivity contribution >= 4 is 46.4 Å². The second-order valence-corrected chi connectivity index (χ2v) is 5.77. The molecule has 0 radical (unpaired) electrons. The van der Waals surface area contributed by atoms with Crippen LogP contribution in [0.3, 0.4) is 0 Å². The van der Waals surface area contributed by atoms with Crippen molar-refractivity contribution in [3.63, 3.8) is 0 Å². The van der Waals surface area contributed by atoms with Crippen LogP contribution in [0.2, 0.25) is 15.1 Å². The van der Waals surface area contributed by atoms with Crippen molar-refractivity contribution in [3.8, 4) is 0 Å². The highest BCUT2D eigenvalue weighted by Crippen LogP contribution is 2.30. The highest BCUT2D eigenvalue weighted by atomic mass is 35.5. The van der Waals surface area contributed by atoms with Crippen LogP contribution in [0.5, 0.6) is 0 Å². The van der Waals surface area contributed by atoms with E-state index >= 15 is 0 Å². The molecule has 0 saturated heterocycles. The Morgan fingerprint density at radius 2 is 1.81 bits per heavy atom. The Morgan fingerprint density at radius 1 is 1.14 bits per heavy atom. The highest BCUT2D eigenvalue weighted by molar-refractivity contribution is 6.43. The van der Waals surface area contributed by atoms with E-state index < -0.39 is 0 Å². The molecule has 21 heavy (non-hydrogen) atoms. The number of nitrogen functional groups attached to an aromatic ring is 1. The van der Waals surface area contributed by atoms with E-state index in [1.54, 1.807) is 6.07 Å². The molecule has 0 aliphatic heterocycles. The largest absolute Gasteiger partial charge is 0.397 e. The highest BCUT2D eigenvalue weighted by Gasteiger charge is 2.15. The topological polar surface area (TPSA) is 55.1 Å². The summed E-state index contributed by atoms with van der Waals surface area (Å²) in [6, 6.07) is 10.0. The van der Waals surface area contributed by atoms with Crippen LogP contribution in [0.25, 0.3) is 0 Å². The van der Waals surface area contributed by atoms with Crippen LogP contribution in [-0.2, 0) is 0 Å². The number of hydrogen-bond donors (Lipinski definition) is 2. The Balaban J connectivity index is 2.20. The van der Waals surface area contributed by atoms with E-state index in [2.05, 4.69) is 5.32 Å². The van der Waals surface area contributed by atoms with Crippen LogP contribution in [0.4, 0.5) is 5.69 Å². The van der Waals surface area contributed by atoms with Gasteiger partial charge in [0.15, 0.2) is 0 Å². The van der Waals surface area contributed by atoms with E-state index in [4.69, 9.17) is 40.5 Å². The number of nitrogens with two attached hydrogens (primary N) is 1. The third kappa shape index (κ3) is 3.62. The molecule has 0 spiro atoms. The van der Waals surface area contributed by atoms with Gasteiger partial charge in [-0.25, -0.2) is 0 Å². The van der Waals surface area contributed by atoms with Gasteiger partial charge in [0.05, 0.1) is 21.8 Å². The first-order valence-corrected chi connectivity index (χ1v) is 7.33. The van der Waals surface area contributed by atoms with Crippen molar-refractivity contribution in [2.75, 3.05) is 5.73 Å². The summed E-state index contributed by atoms with van der Waals surface area (Å²) >= 11 is 17.9. The van der Waals surface area contributed by atoms with Gasteiger partial charge in [0.25, 0.3) is 5.91 Å². The van der Waals surface area contributed by atoms with E-state index in [-0.39, 0.29) is 27.7 Å². The molecule has 0 fully saturated rings. The monoisotopic (exact) mass is 342 g/mol. The standard InChI is InChI=1S/C15H13Cl3N2O/c1-8(10-4-2-3-5-11(10)16)20-15(21)9-6-12(17)14(18)13(19)7-9/h2-8H,19H2,1H3,(H,20,21). The average molecular weight is 344 g/mol. The SMILES string of the molecule is CC(NC(=O)c1cc(N)c(Cl)c(Cl)c1)c1ccccc1Cl. The van der Waals surface area contributed by atoms with E-state index in [9.17, 15) is 4.79 Å². The Morgan fingerprint density at radius 3 is 2.43 bits per heavy atom. The summed E-state index contributed by atoms with van der Waals surface area (Å²) in [5.41, 5.74) is 7.15. The maximum Gasteiger partial charge on any atom is 0.251 e. The molecule has 0 bridgehead atoms. The van der Waals surface area contributed by atoms with Gasteiger partial charge in [-0.05, 0) is 30.7 Å². The molecule has 0 aliphatic carbocycles. The fraction of sp³-hybridized carbons (Fsp3) is 0.133. The minimum Gasteiger partial charge on any atom is -0.397 e. The maximum absolute atomic E-state index is 12.2. The molecule has 0 heterocycles. The number of anilines is 1. The molecule has 2 aromatic carbocycles. The smallest absolute Gasteiger partial charge is 0.251 e.